The third-order valence-electron chi connectivity index (χ3n) is 5.77. The predicted molar refractivity (Wildman–Crippen MR) is 132 cm³/mol. The number of carboxylic acids is 1. The fourth-order valence-electron chi connectivity index (χ4n) is 4.08. The molecule has 0 saturated carbocycles. The number of halogens is 2. The molecule has 0 saturated heterocycles. The summed E-state index contributed by atoms with van der Waals surface area (Å²) in [6, 6.07) is 22.7. The van der Waals surface area contributed by atoms with Gasteiger partial charge in [0.1, 0.15) is 11.5 Å². The normalized spacial score (nSPS) is 12.2. The summed E-state index contributed by atoms with van der Waals surface area (Å²) in [6.45, 7) is 2.05. The van der Waals surface area contributed by atoms with E-state index in [1.807, 2.05) is 67.6 Å². The largest absolute Gasteiger partial charge is 0.477 e. The van der Waals surface area contributed by atoms with Crippen molar-refractivity contribution in [1.29, 1.82) is 0 Å². The number of aromatic carboxylic acids is 1. The lowest BCUT2D eigenvalue weighted by Crippen LogP contribution is -2.00. The van der Waals surface area contributed by atoms with Gasteiger partial charge >= 0.3 is 5.97 Å². The summed E-state index contributed by atoms with van der Waals surface area (Å²) in [5, 5.41) is 11.9. The number of fused-ring (bicyclic) bond motifs is 1. The average Bonchev–Trinajstić information content (AvgIpc) is 3.41. The molecule has 33 heavy (non-hydrogen) atoms. The second-order valence-corrected chi connectivity index (χ2v) is 8.73. The number of carboxylic acid groups (broad SMARTS) is 1. The third kappa shape index (κ3) is 3.90. The van der Waals surface area contributed by atoms with Gasteiger partial charge in [0.05, 0.1) is 11.4 Å². The van der Waals surface area contributed by atoms with Gasteiger partial charge < -0.3 is 15.1 Å². The molecule has 2 aromatic heterocycles. The van der Waals surface area contributed by atoms with Crippen LogP contribution in [-0.2, 0) is 0 Å². The first-order valence-electron chi connectivity index (χ1n) is 10.4. The van der Waals surface area contributed by atoms with Gasteiger partial charge in [-0.3, -0.25) is 0 Å². The first-order chi connectivity index (χ1) is 15.9. The van der Waals surface area contributed by atoms with Gasteiger partial charge in [-0.1, -0.05) is 78.7 Å². The molecule has 5 rings (SSSR count). The van der Waals surface area contributed by atoms with Crippen molar-refractivity contribution in [3.05, 3.63) is 99.9 Å². The Balaban J connectivity index is 1.76. The van der Waals surface area contributed by atoms with Crippen LogP contribution in [0.15, 0.2) is 72.8 Å². The van der Waals surface area contributed by atoms with Crippen molar-refractivity contribution in [3.63, 3.8) is 0 Å². The van der Waals surface area contributed by atoms with Crippen LogP contribution >= 0.6 is 23.2 Å². The first kappa shape index (κ1) is 21.3. The van der Waals surface area contributed by atoms with Crippen LogP contribution in [0.25, 0.3) is 33.4 Å². The van der Waals surface area contributed by atoms with Crippen LogP contribution in [0.4, 0.5) is 0 Å². The molecule has 0 aliphatic carbocycles. The van der Waals surface area contributed by atoms with Crippen LogP contribution in [0.2, 0.25) is 10.0 Å². The molecule has 0 aliphatic heterocycles. The van der Waals surface area contributed by atoms with E-state index in [9.17, 15) is 9.90 Å². The van der Waals surface area contributed by atoms with Gasteiger partial charge in [0.25, 0.3) is 0 Å². The Morgan fingerprint density at radius 1 is 0.939 bits per heavy atom. The van der Waals surface area contributed by atoms with Crippen molar-refractivity contribution in [2.75, 3.05) is 0 Å². The van der Waals surface area contributed by atoms with E-state index >= 15 is 0 Å². The molecule has 0 aliphatic rings. The highest BCUT2D eigenvalue weighted by molar-refractivity contribution is 6.31. The van der Waals surface area contributed by atoms with Gasteiger partial charge in [-0.05, 0) is 29.8 Å². The van der Waals surface area contributed by atoms with E-state index in [0.717, 1.165) is 22.3 Å². The quantitative estimate of drug-likeness (QED) is 0.248. The smallest absolute Gasteiger partial charge is 0.353 e. The fourth-order valence-corrected chi connectivity index (χ4v) is 4.38. The zero-order chi connectivity index (χ0) is 23.1. The van der Waals surface area contributed by atoms with Gasteiger partial charge in [-0.2, -0.15) is 0 Å². The minimum atomic E-state index is -1.06. The second-order valence-electron chi connectivity index (χ2n) is 7.85. The number of nitrogens with zero attached hydrogens (tertiary/aromatic N) is 1. The number of nitrogens with one attached hydrogen (secondary N) is 2. The van der Waals surface area contributed by atoms with Crippen molar-refractivity contribution in [1.82, 2.24) is 15.0 Å². The molecule has 1 atom stereocenters. The highest BCUT2D eigenvalue weighted by atomic mass is 35.5. The zero-order valence-electron chi connectivity index (χ0n) is 17.6. The van der Waals surface area contributed by atoms with Crippen molar-refractivity contribution >= 4 is 40.1 Å². The molecule has 164 valence electrons. The number of rotatable bonds is 5. The number of hydrogen-bond acceptors (Lipinski definition) is 2. The van der Waals surface area contributed by atoms with Crippen LogP contribution in [0.1, 0.15) is 34.7 Å². The maximum absolute atomic E-state index is 12.2. The van der Waals surface area contributed by atoms with Crippen molar-refractivity contribution in [3.8, 4) is 22.5 Å². The van der Waals surface area contributed by atoms with E-state index in [2.05, 4.69) is 9.97 Å². The second kappa shape index (κ2) is 8.43. The van der Waals surface area contributed by atoms with Gasteiger partial charge in [0.2, 0.25) is 0 Å². The van der Waals surface area contributed by atoms with Crippen molar-refractivity contribution in [2.45, 2.75) is 12.8 Å². The summed E-state index contributed by atoms with van der Waals surface area (Å²) >= 11 is 12.2. The van der Waals surface area contributed by atoms with Gasteiger partial charge in [0, 0.05) is 38.0 Å². The summed E-state index contributed by atoms with van der Waals surface area (Å²) in [4.78, 5) is 23.6. The Kier molecular flexibility index (Phi) is 5.44. The molecular weight excluding hydrogens is 457 g/mol. The molecule has 5 nitrogen and oxygen atoms in total. The Morgan fingerprint density at radius 2 is 1.64 bits per heavy atom. The molecule has 5 aromatic rings. The molecule has 3 N–H and O–H groups in total. The average molecular weight is 476 g/mol. The summed E-state index contributed by atoms with van der Waals surface area (Å²) in [6.07, 6.45) is 0. The fraction of sp³-hybridized carbons (Fsp3) is 0.0769. The molecule has 0 radical (unpaired) electrons. The van der Waals surface area contributed by atoms with Crippen LogP contribution in [-0.4, -0.2) is 26.0 Å². The lowest BCUT2D eigenvalue weighted by atomic mass is 10.0. The van der Waals surface area contributed by atoms with Gasteiger partial charge in [-0.25, -0.2) is 9.78 Å². The van der Waals surface area contributed by atoms with E-state index in [-0.39, 0.29) is 11.6 Å². The highest BCUT2D eigenvalue weighted by Crippen LogP contribution is 2.39. The number of carbonyl (C=O) groups is 1. The van der Waals surface area contributed by atoms with E-state index in [4.69, 9.17) is 28.2 Å². The van der Waals surface area contributed by atoms with Crippen LogP contribution in [0.3, 0.4) is 0 Å². The highest BCUT2D eigenvalue weighted by Gasteiger charge is 2.26. The summed E-state index contributed by atoms with van der Waals surface area (Å²) in [5.74, 6) is -0.393. The lowest BCUT2D eigenvalue weighted by molar-refractivity contribution is 0.0692. The first-order valence-corrected chi connectivity index (χ1v) is 11.1. The minimum absolute atomic E-state index is 0.0635. The standard InChI is InChI=1S/C26H19Cl2N3O2/c1-14(15-7-9-17(27)10-8-15)25-30-22(16-5-3-2-4-6-16)23(31-25)21-19-12-11-18(28)13-20(19)29-24(21)26(32)33/h2-14,29H,1H3,(H,30,31)(H,32,33)/t14-/m0/s1. The lowest BCUT2D eigenvalue weighted by Gasteiger charge is -2.09. The maximum Gasteiger partial charge on any atom is 0.353 e. The minimum Gasteiger partial charge on any atom is -0.477 e. The maximum atomic E-state index is 12.2. The van der Waals surface area contributed by atoms with Crippen molar-refractivity contribution in [2.24, 2.45) is 0 Å². The molecule has 7 heteroatoms. The van der Waals surface area contributed by atoms with Crippen LogP contribution < -0.4 is 0 Å². The summed E-state index contributed by atoms with van der Waals surface area (Å²) < 4.78 is 0. The molecule has 0 amide bonds. The third-order valence-corrected chi connectivity index (χ3v) is 6.26. The van der Waals surface area contributed by atoms with Gasteiger partial charge in [-0.15, -0.1) is 0 Å². The van der Waals surface area contributed by atoms with Gasteiger partial charge in [0.15, 0.2) is 0 Å². The zero-order valence-corrected chi connectivity index (χ0v) is 19.1. The van der Waals surface area contributed by atoms with Crippen LogP contribution in [0.5, 0.6) is 0 Å². The molecule has 0 spiro atoms. The predicted octanol–water partition coefficient (Wildman–Crippen LogP) is 7.38. The molecule has 2 heterocycles. The molecule has 3 aromatic carbocycles. The Morgan fingerprint density at radius 3 is 2.33 bits per heavy atom. The molecular formula is C26H19Cl2N3O2. The van der Waals surface area contributed by atoms with Crippen molar-refractivity contribution < 1.29 is 9.90 Å². The Labute approximate surface area is 200 Å². The molecule has 0 fully saturated rings. The number of benzene rings is 3. The van der Waals surface area contributed by atoms with E-state index in [1.54, 1.807) is 12.1 Å². The Hall–Kier alpha value is -3.54. The number of H-pyrrole nitrogens is 2. The van der Waals surface area contributed by atoms with E-state index in [0.29, 0.717) is 32.5 Å². The number of hydrogen-bond donors (Lipinski definition) is 3. The Bertz CT molecular complexity index is 1470. The SMILES string of the molecule is C[C@@H](c1ccc(Cl)cc1)c1nc(-c2ccccc2)c(-c2c(C(=O)O)[nH]c3cc(Cl)ccc23)[nH]1. The van der Waals surface area contributed by atoms with Crippen LogP contribution in [0, 0.1) is 0 Å². The monoisotopic (exact) mass is 475 g/mol. The number of aromatic amines is 2. The number of aromatic nitrogens is 3. The summed E-state index contributed by atoms with van der Waals surface area (Å²) in [5.41, 5.74) is 4.54. The number of imidazole rings is 1. The van der Waals surface area contributed by atoms with E-state index in [1.165, 1.54) is 0 Å². The molecule has 0 unspecified atom stereocenters. The van der Waals surface area contributed by atoms with E-state index < -0.39 is 5.97 Å². The summed E-state index contributed by atoms with van der Waals surface area (Å²) in [7, 11) is 0. The molecule has 0 bridgehead atoms. The topological polar surface area (TPSA) is 81.8 Å².